The third kappa shape index (κ3) is 3.94. The predicted octanol–water partition coefficient (Wildman–Crippen LogP) is 3.38. The molecule has 1 fully saturated rings. The van der Waals surface area contributed by atoms with Gasteiger partial charge in [0.15, 0.2) is 0 Å². The Morgan fingerprint density at radius 2 is 2.00 bits per heavy atom. The van der Waals surface area contributed by atoms with Crippen molar-refractivity contribution < 1.29 is 14.3 Å². The Morgan fingerprint density at radius 3 is 2.67 bits per heavy atom. The molecule has 1 aliphatic carbocycles. The number of aliphatic hydroxyl groups excluding tert-OH is 1. The van der Waals surface area contributed by atoms with E-state index in [0.717, 1.165) is 42.5 Å². The van der Waals surface area contributed by atoms with Gasteiger partial charge in [-0.15, -0.1) is 0 Å². The topological polar surface area (TPSA) is 87.4 Å². The van der Waals surface area contributed by atoms with E-state index in [-0.39, 0.29) is 18.2 Å². The fraction of sp³-hybridized carbons (Fsp3) is 0.444. The van der Waals surface area contributed by atoms with E-state index in [2.05, 4.69) is 15.6 Å². The van der Waals surface area contributed by atoms with E-state index in [4.69, 9.17) is 4.42 Å². The second-order valence-electron chi connectivity index (χ2n) is 6.43. The molecule has 1 aliphatic rings. The summed E-state index contributed by atoms with van der Waals surface area (Å²) >= 11 is 0. The highest BCUT2D eigenvalue weighted by molar-refractivity contribution is 5.90. The molecule has 1 saturated carbocycles. The van der Waals surface area contributed by atoms with E-state index in [1.54, 1.807) is 6.26 Å². The average molecular weight is 329 g/mol. The highest BCUT2D eigenvalue weighted by Crippen LogP contribution is 2.26. The molecule has 24 heavy (non-hydrogen) atoms. The number of rotatable bonds is 3. The van der Waals surface area contributed by atoms with E-state index in [9.17, 15) is 9.90 Å². The van der Waals surface area contributed by atoms with Crippen LogP contribution in [0.15, 0.2) is 28.9 Å². The van der Waals surface area contributed by atoms with Crippen LogP contribution in [0.25, 0.3) is 11.5 Å². The van der Waals surface area contributed by atoms with E-state index in [0.29, 0.717) is 11.6 Å². The number of hydrogen-bond acceptors (Lipinski definition) is 4. The van der Waals surface area contributed by atoms with Crippen molar-refractivity contribution in [1.82, 2.24) is 10.3 Å². The molecule has 2 amide bonds. The minimum absolute atomic E-state index is 0.118. The third-order valence-corrected chi connectivity index (χ3v) is 4.38. The largest absolute Gasteiger partial charge is 0.444 e. The predicted molar refractivity (Wildman–Crippen MR) is 91.8 cm³/mol. The SMILES string of the molecule is Cc1coc(-c2cc(NC(=O)NC3CCC(O)CC3)ccc2C)n1. The standard InChI is InChI=1S/C18H23N3O3/c1-11-3-4-14(9-16(11)17-19-12(2)10-24-17)21-18(23)20-13-5-7-15(22)8-6-13/h3-4,9-10,13,15,22H,5-8H2,1-2H3,(H2,20,21,23). The molecule has 3 N–H and O–H groups in total. The molecule has 0 atom stereocenters. The van der Waals surface area contributed by atoms with Crippen LogP contribution >= 0.6 is 0 Å². The molecule has 1 aromatic carbocycles. The number of aromatic nitrogens is 1. The number of aryl methyl sites for hydroxylation is 2. The number of carbonyl (C=O) groups excluding carboxylic acids is 1. The molecule has 0 saturated heterocycles. The van der Waals surface area contributed by atoms with Crippen molar-refractivity contribution in [2.45, 2.75) is 51.7 Å². The fourth-order valence-electron chi connectivity index (χ4n) is 2.98. The summed E-state index contributed by atoms with van der Waals surface area (Å²) in [5.41, 5.74) is 3.41. The highest BCUT2D eigenvalue weighted by atomic mass is 16.3. The molecule has 0 radical (unpaired) electrons. The molecule has 128 valence electrons. The number of hydrogen-bond donors (Lipinski definition) is 3. The van der Waals surface area contributed by atoms with Crippen LogP contribution in [0.5, 0.6) is 0 Å². The number of nitrogens with zero attached hydrogens (tertiary/aromatic N) is 1. The van der Waals surface area contributed by atoms with Crippen LogP contribution in [0.3, 0.4) is 0 Å². The average Bonchev–Trinajstić information content (AvgIpc) is 2.98. The quantitative estimate of drug-likeness (QED) is 0.805. The second-order valence-corrected chi connectivity index (χ2v) is 6.43. The van der Waals surface area contributed by atoms with Gasteiger partial charge in [-0.1, -0.05) is 6.07 Å². The lowest BCUT2D eigenvalue weighted by Crippen LogP contribution is -2.40. The van der Waals surface area contributed by atoms with Gasteiger partial charge in [-0.2, -0.15) is 0 Å². The fourth-order valence-corrected chi connectivity index (χ4v) is 2.98. The number of nitrogens with one attached hydrogen (secondary N) is 2. The zero-order valence-corrected chi connectivity index (χ0v) is 14.0. The first-order valence-electron chi connectivity index (χ1n) is 8.30. The monoisotopic (exact) mass is 329 g/mol. The smallest absolute Gasteiger partial charge is 0.319 e. The molecule has 1 aromatic heterocycles. The lowest BCUT2D eigenvalue weighted by molar-refractivity contribution is 0.118. The molecular weight excluding hydrogens is 306 g/mol. The van der Waals surface area contributed by atoms with Crippen LogP contribution < -0.4 is 10.6 Å². The molecule has 3 rings (SSSR count). The molecule has 6 nitrogen and oxygen atoms in total. The zero-order valence-electron chi connectivity index (χ0n) is 14.0. The maximum Gasteiger partial charge on any atom is 0.319 e. The Bertz CT molecular complexity index is 718. The zero-order chi connectivity index (χ0) is 17.1. The summed E-state index contributed by atoms with van der Waals surface area (Å²) in [5.74, 6) is 0.551. The summed E-state index contributed by atoms with van der Waals surface area (Å²) in [6, 6.07) is 5.55. The summed E-state index contributed by atoms with van der Waals surface area (Å²) in [6.45, 7) is 3.85. The highest BCUT2D eigenvalue weighted by Gasteiger charge is 2.20. The van der Waals surface area contributed by atoms with Gasteiger partial charge in [0.1, 0.15) is 6.26 Å². The van der Waals surface area contributed by atoms with E-state index >= 15 is 0 Å². The molecule has 0 unspecified atom stereocenters. The van der Waals surface area contributed by atoms with Crippen LogP contribution in [0.4, 0.5) is 10.5 Å². The lowest BCUT2D eigenvalue weighted by atomic mass is 9.93. The molecule has 2 aromatic rings. The Kier molecular flexibility index (Phi) is 4.85. The van der Waals surface area contributed by atoms with Gasteiger partial charge in [0, 0.05) is 17.3 Å². The van der Waals surface area contributed by atoms with Gasteiger partial charge in [-0.25, -0.2) is 9.78 Å². The first-order valence-corrected chi connectivity index (χ1v) is 8.30. The Hall–Kier alpha value is -2.34. The van der Waals surface area contributed by atoms with Crippen molar-refractivity contribution in [3.05, 3.63) is 35.7 Å². The van der Waals surface area contributed by atoms with Gasteiger partial charge in [0.25, 0.3) is 0 Å². The maximum absolute atomic E-state index is 12.2. The van der Waals surface area contributed by atoms with Crippen LogP contribution in [0.2, 0.25) is 0 Å². The Labute approximate surface area is 141 Å². The van der Waals surface area contributed by atoms with E-state index < -0.39 is 0 Å². The number of amides is 2. The van der Waals surface area contributed by atoms with E-state index in [1.807, 2.05) is 32.0 Å². The van der Waals surface area contributed by atoms with Crippen molar-refractivity contribution in [1.29, 1.82) is 0 Å². The molecule has 1 heterocycles. The first kappa shape index (κ1) is 16.5. The minimum atomic E-state index is -0.227. The summed E-state index contributed by atoms with van der Waals surface area (Å²) < 4.78 is 5.46. The molecule has 0 aliphatic heterocycles. The normalized spacial score (nSPS) is 20.6. The molecule has 6 heteroatoms. The number of carbonyl (C=O) groups is 1. The summed E-state index contributed by atoms with van der Waals surface area (Å²) in [6.07, 6.45) is 4.48. The summed E-state index contributed by atoms with van der Waals surface area (Å²) in [7, 11) is 0. The summed E-state index contributed by atoms with van der Waals surface area (Å²) in [4.78, 5) is 16.5. The van der Waals surface area contributed by atoms with Crippen molar-refractivity contribution in [2.75, 3.05) is 5.32 Å². The van der Waals surface area contributed by atoms with Crippen molar-refractivity contribution >= 4 is 11.7 Å². The number of oxazole rings is 1. The van der Waals surface area contributed by atoms with Crippen molar-refractivity contribution in [2.24, 2.45) is 0 Å². The number of benzene rings is 1. The van der Waals surface area contributed by atoms with Gasteiger partial charge in [-0.05, 0) is 57.2 Å². The van der Waals surface area contributed by atoms with Gasteiger partial charge in [0.05, 0.1) is 11.8 Å². The number of anilines is 1. The third-order valence-electron chi connectivity index (χ3n) is 4.38. The summed E-state index contributed by atoms with van der Waals surface area (Å²) in [5, 5.41) is 15.3. The van der Waals surface area contributed by atoms with Crippen LogP contribution in [-0.2, 0) is 0 Å². The lowest BCUT2D eigenvalue weighted by Gasteiger charge is -2.26. The number of urea groups is 1. The van der Waals surface area contributed by atoms with Gasteiger partial charge < -0.3 is 20.2 Å². The minimum Gasteiger partial charge on any atom is -0.444 e. The van der Waals surface area contributed by atoms with E-state index in [1.165, 1.54) is 0 Å². The van der Waals surface area contributed by atoms with Crippen LogP contribution in [-0.4, -0.2) is 28.3 Å². The van der Waals surface area contributed by atoms with Gasteiger partial charge >= 0.3 is 6.03 Å². The first-order chi connectivity index (χ1) is 11.5. The molecule has 0 spiro atoms. The second kappa shape index (κ2) is 7.05. The molecular formula is C18H23N3O3. The van der Waals surface area contributed by atoms with Crippen molar-refractivity contribution in [3.8, 4) is 11.5 Å². The van der Waals surface area contributed by atoms with Crippen LogP contribution in [0, 0.1) is 13.8 Å². The van der Waals surface area contributed by atoms with Gasteiger partial charge in [0.2, 0.25) is 5.89 Å². The van der Waals surface area contributed by atoms with Gasteiger partial charge in [-0.3, -0.25) is 0 Å². The van der Waals surface area contributed by atoms with Crippen LogP contribution in [0.1, 0.15) is 36.9 Å². The molecule has 0 bridgehead atoms. The number of aliphatic hydroxyl groups is 1. The maximum atomic E-state index is 12.2. The Morgan fingerprint density at radius 1 is 1.25 bits per heavy atom. The Balaban J connectivity index is 1.66. The van der Waals surface area contributed by atoms with Crippen molar-refractivity contribution in [3.63, 3.8) is 0 Å².